The molecular formula is C30H46O10Si. The third-order valence-corrected chi connectivity index (χ3v) is 12.2. The molecule has 2 aromatic carbocycles. The van der Waals surface area contributed by atoms with Gasteiger partial charge in [-0.25, -0.2) is 0 Å². The fourth-order valence-corrected chi connectivity index (χ4v) is 10.2. The lowest BCUT2D eigenvalue weighted by Gasteiger charge is -2.52. The van der Waals surface area contributed by atoms with Gasteiger partial charge in [0.1, 0.15) is 63.8 Å². The second-order valence-electron chi connectivity index (χ2n) is 10.9. The maximum atomic E-state index is 11.6. The van der Waals surface area contributed by atoms with E-state index in [1.54, 1.807) is 0 Å². The van der Waals surface area contributed by atoms with Crippen LogP contribution in [0.1, 0.15) is 20.8 Å². The van der Waals surface area contributed by atoms with Crippen molar-refractivity contribution in [3.63, 3.8) is 0 Å². The third-order valence-electron chi connectivity index (χ3n) is 7.21. The van der Waals surface area contributed by atoms with Crippen LogP contribution in [0, 0.1) is 0 Å². The summed E-state index contributed by atoms with van der Waals surface area (Å²) in [4.78, 5) is 0. The maximum absolute atomic E-state index is 11.6. The van der Waals surface area contributed by atoms with Crippen LogP contribution < -0.4 is 10.4 Å². The summed E-state index contributed by atoms with van der Waals surface area (Å²) in [6.07, 6.45) is -5.44. The number of hydrogen-bond donors (Lipinski definition) is 1. The molecule has 230 valence electrons. The molecule has 1 saturated carbocycles. The van der Waals surface area contributed by atoms with Crippen molar-refractivity contribution in [2.45, 2.75) is 62.4 Å². The largest absolute Gasteiger partial charge is 0.399 e. The molecule has 2 aromatic rings. The normalized spacial score (nSPS) is 25.4. The summed E-state index contributed by atoms with van der Waals surface area (Å²) in [5.74, 6) is 0. The molecule has 10 nitrogen and oxygen atoms in total. The lowest BCUT2D eigenvalue weighted by atomic mass is 9.84. The Hall–Kier alpha value is -1.74. The Bertz CT molecular complexity index is 922. The first-order chi connectivity index (χ1) is 19.8. The molecule has 0 amide bonds. The highest BCUT2D eigenvalue weighted by molar-refractivity contribution is 6.99. The first-order valence-electron chi connectivity index (χ1n) is 13.7. The summed E-state index contributed by atoms with van der Waals surface area (Å²) in [5.41, 5.74) is 0. The van der Waals surface area contributed by atoms with E-state index >= 15 is 0 Å². The molecule has 0 heterocycles. The predicted octanol–water partition coefficient (Wildman–Crippen LogP) is 2.26. The van der Waals surface area contributed by atoms with Crippen LogP contribution in [-0.4, -0.2) is 106 Å². The number of aliphatic hydroxyl groups excluding tert-OH is 1. The number of rotatable bonds is 16. The van der Waals surface area contributed by atoms with Gasteiger partial charge in [-0.2, -0.15) is 0 Å². The summed E-state index contributed by atoms with van der Waals surface area (Å²) < 4.78 is 53.1. The number of aliphatic hydroxyl groups is 1. The summed E-state index contributed by atoms with van der Waals surface area (Å²) in [7, 11) is 2.96. The molecule has 3 rings (SSSR count). The maximum Gasteiger partial charge on any atom is 0.261 e. The zero-order chi connectivity index (χ0) is 29.9. The fourth-order valence-electron chi connectivity index (χ4n) is 5.52. The molecule has 0 aromatic heterocycles. The lowest BCUT2D eigenvalue weighted by molar-refractivity contribution is -0.296. The van der Waals surface area contributed by atoms with Crippen LogP contribution in [0.15, 0.2) is 60.7 Å². The standard InChI is InChI=1S/C30H46O10Si/c1-30(2,3)41(22-14-10-8-11-15-22,23-16-12-9-13-17-23)40-29-27(38-20-34-6)25(36-18-32-4)24(31)26(37-19-33-5)28(29)39-21-35-7/h8-17,24-29,31H,18-21H2,1-7H3/t24?,25-,26+,27-,28-,29?/m1/s1. The molecule has 0 aliphatic heterocycles. The van der Waals surface area contributed by atoms with Crippen molar-refractivity contribution in [2.75, 3.05) is 55.6 Å². The van der Waals surface area contributed by atoms with Crippen LogP contribution in [0.25, 0.3) is 0 Å². The summed E-state index contributed by atoms with van der Waals surface area (Å²) in [5, 5.41) is 13.4. The molecule has 6 atom stereocenters. The van der Waals surface area contributed by atoms with Crippen LogP contribution in [-0.2, 0) is 42.3 Å². The Morgan fingerprint density at radius 2 is 0.902 bits per heavy atom. The highest BCUT2D eigenvalue weighted by Gasteiger charge is 2.59. The van der Waals surface area contributed by atoms with E-state index in [1.165, 1.54) is 28.4 Å². The molecule has 0 spiro atoms. The van der Waals surface area contributed by atoms with Crippen LogP contribution in [0.3, 0.4) is 0 Å². The first kappa shape index (κ1) is 33.8. The van der Waals surface area contributed by atoms with E-state index in [4.69, 9.17) is 42.3 Å². The molecule has 1 aliphatic rings. The molecular weight excluding hydrogens is 548 g/mol. The highest BCUT2D eigenvalue weighted by atomic mass is 28.4. The molecule has 0 radical (unpaired) electrons. The predicted molar refractivity (Wildman–Crippen MR) is 155 cm³/mol. The fraction of sp³-hybridized carbons (Fsp3) is 0.600. The zero-order valence-corrected chi connectivity index (χ0v) is 26.2. The van der Waals surface area contributed by atoms with Crippen molar-refractivity contribution in [3.8, 4) is 0 Å². The second kappa shape index (κ2) is 16.2. The molecule has 0 bridgehead atoms. The quantitative estimate of drug-likeness (QED) is 0.230. The monoisotopic (exact) mass is 594 g/mol. The molecule has 1 fully saturated rings. The summed E-state index contributed by atoms with van der Waals surface area (Å²) in [6.45, 7) is 6.26. The lowest BCUT2D eigenvalue weighted by Crippen LogP contribution is -2.74. The number of methoxy groups -OCH3 is 4. The van der Waals surface area contributed by atoms with Gasteiger partial charge in [0.05, 0.1) is 0 Å². The van der Waals surface area contributed by atoms with Crippen molar-refractivity contribution in [3.05, 3.63) is 60.7 Å². The minimum Gasteiger partial charge on any atom is -0.399 e. The Morgan fingerprint density at radius 1 is 0.561 bits per heavy atom. The number of hydrogen-bond acceptors (Lipinski definition) is 10. The highest BCUT2D eigenvalue weighted by Crippen LogP contribution is 2.41. The van der Waals surface area contributed by atoms with Gasteiger partial charge in [-0.05, 0) is 15.4 Å². The second-order valence-corrected chi connectivity index (χ2v) is 15.1. The Balaban J connectivity index is 2.27. The number of ether oxygens (including phenoxy) is 8. The van der Waals surface area contributed by atoms with Crippen molar-refractivity contribution in [1.29, 1.82) is 0 Å². The van der Waals surface area contributed by atoms with Crippen LogP contribution >= 0.6 is 0 Å². The minimum absolute atomic E-state index is 0.0641. The average molecular weight is 595 g/mol. The van der Waals surface area contributed by atoms with Crippen molar-refractivity contribution >= 4 is 18.7 Å². The van der Waals surface area contributed by atoms with Crippen molar-refractivity contribution in [1.82, 2.24) is 0 Å². The minimum atomic E-state index is -3.14. The van der Waals surface area contributed by atoms with Crippen LogP contribution in [0.5, 0.6) is 0 Å². The van der Waals surface area contributed by atoms with E-state index < -0.39 is 44.9 Å². The molecule has 1 aliphatic carbocycles. The van der Waals surface area contributed by atoms with Crippen molar-refractivity contribution in [2.24, 2.45) is 0 Å². The van der Waals surface area contributed by atoms with Gasteiger partial charge in [-0.3, -0.25) is 0 Å². The molecule has 41 heavy (non-hydrogen) atoms. The van der Waals surface area contributed by atoms with Crippen LogP contribution in [0.4, 0.5) is 0 Å². The van der Waals surface area contributed by atoms with E-state index in [-0.39, 0.29) is 32.2 Å². The zero-order valence-electron chi connectivity index (χ0n) is 25.2. The molecule has 1 N–H and O–H groups in total. The van der Waals surface area contributed by atoms with E-state index in [9.17, 15) is 5.11 Å². The first-order valence-corrected chi connectivity index (χ1v) is 15.6. The molecule has 2 unspecified atom stereocenters. The molecule has 0 saturated heterocycles. The van der Waals surface area contributed by atoms with E-state index in [0.29, 0.717) is 0 Å². The Morgan fingerprint density at radius 3 is 1.22 bits per heavy atom. The van der Waals surface area contributed by atoms with Gasteiger partial charge in [0.2, 0.25) is 0 Å². The van der Waals surface area contributed by atoms with E-state index in [0.717, 1.165) is 10.4 Å². The molecule has 11 heteroatoms. The van der Waals surface area contributed by atoms with Gasteiger partial charge in [0.15, 0.2) is 0 Å². The summed E-state index contributed by atoms with van der Waals surface area (Å²) >= 11 is 0. The number of benzene rings is 2. The SMILES string of the molecule is COCO[C@@H]1C(O)[C@H](OCOC)[C@@H](OCOC)C(O[Si](c2ccccc2)(c2ccccc2)C(C)(C)C)[C@@H]1OCOC. The van der Waals surface area contributed by atoms with Gasteiger partial charge >= 0.3 is 0 Å². The van der Waals surface area contributed by atoms with Gasteiger partial charge in [0, 0.05) is 28.4 Å². The van der Waals surface area contributed by atoms with Gasteiger partial charge < -0.3 is 47.4 Å². The Labute approximate surface area is 244 Å². The summed E-state index contributed by atoms with van der Waals surface area (Å²) in [6, 6.07) is 20.5. The van der Waals surface area contributed by atoms with Gasteiger partial charge in [-0.1, -0.05) is 81.4 Å². The van der Waals surface area contributed by atoms with E-state index in [1.807, 2.05) is 36.4 Å². The van der Waals surface area contributed by atoms with Crippen LogP contribution in [0.2, 0.25) is 5.04 Å². The van der Waals surface area contributed by atoms with Gasteiger partial charge in [-0.15, -0.1) is 0 Å². The van der Waals surface area contributed by atoms with E-state index in [2.05, 4.69) is 45.0 Å². The third kappa shape index (κ3) is 7.81. The van der Waals surface area contributed by atoms with Gasteiger partial charge in [0.25, 0.3) is 8.32 Å². The van der Waals surface area contributed by atoms with Crippen molar-refractivity contribution < 1.29 is 47.4 Å². The smallest absolute Gasteiger partial charge is 0.261 e. The topological polar surface area (TPSA) is 103 Å². The average Bonchev–Trinajstić information content (AvgIpc) is 2.97. The Kier molecular flexibility index (Phi) is 13.3.